The van der Waals surface area contributed by atoms with E-state index in [-0.39, 0.29) is 24.8 Å². The molecule has 0 saturated carbocycles. The molecule has 6 heteroatoms. The second kappa shape index (κ2) is 7.31. The molecule has 2 aromatic rings. The van der Waals surface area contributed by atoms with E-state index in [1.807, 2.05) is 18.2 Å². The number of methoxy groups -OCH3 is 2. The van der Waals surface area contributed by atoms with Crippen LogP contribution >= 0.6 is 0 Å². The summed E-state index contributed by atoms with van der Waals surface area (Å²) >= 11 is 0. The van der Waals surface area contributed by atoms with Gasteiger partial charge in [0, 0.05) is 41.5 Å². The molecule has 0 saturated heterocycles. The molecular formula is C20H20N2O4. The molecule has 0 aromatic heterocycles. The Hall–Kier alpha value is -3.28. The zero-order chi connectivity index (χ0) is 18.7. The van der Waals surface area contributed by atoms with Gasteiger partial charge in [-0.15, -0.1) is 0 Å². The van der Waals surface area contributed by atoms with E-state index < -0.39 is 0 Å². The molecule has 0 unspecified atom stereocenters. The largest absolute Gasteiger partial charge is 0.493 e. The quantitative estimate of drug-likeness (QED) is 0.867. The van der Waals surface area contributed by atoms with Crippen molar-refractivity contribution in [3.8, 4) is 11.5 Å². The monoisotopic (exact) mass is 352 g/mol. The molecule has 26 heavy (non-hydrogen) atoms. The number of hydrogen-bond acceptors (Lipinski definition) is 4. The maximum atomic E-state index is 12.4. The van der Waals surface area contributed by atoms with E-state index in [4.69, 9.17) is 9.47 Å². The van der Waals surface area contributed by atoms with Crippen molar-refractivity contribution in [3.63, 3.8) is 0 Å². The first kappa shape index (κ1) is 17.5. The third kappa shape index (κ3) is 3.26. The van der Waals surface area contributed by atoms with Crippen molar-refractivity contribution < 1.29 is 19.1 Å². The summed E-state index contributed by atoms with van der Waals surface area (Å²) in [5.41, 5.74) is 2.67. The Balaban J connectivity index is 1.62. The van der Waals surface area contributed by atoms with Gasteiger partial charge >= 0.3 is 0 Å². The van der Waals surface area contributed by atoms with Crippen LogP contribution in [0.3, 0.4) is 0 Å². The van der Waals surface area contributed by atoms with Crippen molar-refractivity contribution in [2.45, 2.75) is 6.42 Å². The maximum absolute atomic E-state index is 12.4. The number of fused-ring (bicyclic) bond motifs is 1. The molecular weight excluding hydrogens is 332 g/mol. The second-order valence-electron chi connectivity index (χ2n) is 5.82. The van der Waals surface area contributed by atoms with Crippen LogP contribution in [0.1, 0.15) is 22.3 Å². The van der Waals surface area contributed by atoms with Gasteiger partial charge in [-0.2, -0.15) is 0 Å². The summed E-state index contributed by atoms with van der Waals surface area (Å²) in [5.74, 6) is 0.796. The van der Waals surface area contributed by atoms with Gasteiger partial charge in [-0.05, 0) is 18.2 Å². The van der Waals surface area contributed by atoms with Crippen molar-refractivity contribution in [1.82, 2.24) is 4.90 Å². The molecule has 0 fully saturated rings. The number of rotatable bonds is 6. The number of amides is 2. The molecule has 0 bridgehead atoms. The maximum Gasteiger partial charge on any atom is 0.258 e. The fraction of sp³-hybridized carbons (Fsp3) is 0.200. The van der Waals surface area contributed by atoms with Crippen LogP contribution in [0, 0.1) is 0 Å². The highest BCUT2D eigenvalue weighted by Gasteiger charge is 2.30. The van der Waals surface area contributed by atoms with Crippen LogP contribution in [0.2, 0.25) is 0 Å². The highest BCUT2D eigenvalue weighted by molar-refractivity contribution is 6.09. The standard InChI is InChI=1S/C20H20N2O4/c1-13-15-6-4-5-7-16(15)20(24)22(13)11-10-19(23)21-14-8-9-17(25-2)18(12-14)26-3/h4-9,12H,1,10-11H2,2-3H3,(H,21,23). The zero-order valence-electron chi connectivity index (χ0n) is 14.7. The highest BCUT2D eigenvalue weighted by atomic mass is 16.5. The van der Waals surface area contributed by atoms with Gasteiger partial charge < -0.3 is 19.7 Å². The number of carbonyl (C=O) groups excluding carboxylic acids is 2. The lowest BCUT2D eigenvalue weighted by Gasteiger charge is -2.17. The minimum Gasteiger partial charge on any atom is -0.493 e. The van der Waals surface area contributed by atoms with E-state index >= 15 is 0 Å². The minimum absolute atomic E-state index is 0.121. The molecule has 2 aromatic carbocycles. The lowest BCUT2D eigenvalue weighted by atomic mass is 10.1. The number of anilines is 1. The van der Waals surface area contributed by atoms with Crippen molar-refractivity contribution in [2.24, 2.45) is 0 Å². The minimum atomic E-state index is -0.200. The summed E-state index contributed by atoms with van der Waals surface area (Å²) in [6.45, 7) is 4.24. The van der Waals surface area contributed by atoms with Gasteiger partial charge in [0.05, 0.1) is 14.2 Å². The average Bonchev–Trinajstić information content (AvgIpc) is 2.90. The number of ether oxygens (including phenoxy) is 2. The number of hydrogen-bond donors (Lipinski definition) is 1. The van der Waals surface area contributed by atoms with Crippen molar-refractivity contribution in [3.05, 3.63) is 60.2 Å². The van der Waals surface area contributed by atoms with E-state index in [2.05, 4.69) is 11.9 Å². The molecule has 1 N–H and O–H groups in total. The van der Waals surface area contributed by atoms with Gasteiger partial charge in [-0.25, -0.2) is 0 Å². The van der Waals surface area contributed by atoms with Gasteiger partial charge in [0.1, 0.15) is 0 Å². The van der Waals surface area contributed by atoms with Gasteiger partial charge in [-0.3, -0.25) is 9.59 Å². The molecule has 1 aliphatic rings. The topological polar surface area (TPSA) is 67.9 Å². The lowest BCUT2D eigenvalue weighted by molar-refractivity contribution is -0.116. The van der Waals surface area contributed by atoms with Crippen LogP contribution in [0.4, 0.5) is 5.69 Å². The van der Waals surface area contributed by atoms with Crippen LogP contribution in [0.15, 0.2) is 49.0 Å². The first-order chi connectivity index (χ1) is 12.5. The Kier molecular flexibility index (Phi) is 4.93. The molecule has 134 valence electrons. The Morgan fingerprint density at radius 3 is 2.42 bits per heavy atom. The van der Waals surface area contributed by atoms with E-state index in [0.29, 0.717) is 28.4 Å². The van der Waals surface area contributed by atoms with E-state index in [9.17, 15) is 9.59 Å². The van der Waals surface area contributed by atoms with Crippen LogP contribution in [-0.2, 0) is 4.79 Å². The smallest absolute Gasteiger partial charge is 0.258 e. The Labute approximate surface area is 152 Å². The van der Waals surface area contributed by atoms with Crippen LogP contribution in [0.25, 0.3) is 5.70 Å². The molecule has 3 rings (SSSR count). The third-order valence-corrected chi connectivity index (χ3v) is 4.27. The molecule has 6 nitrogen and oxygen atoms in total. The molecule has 0 spiro atoms. The van der Waals surface area contributed by atoms with Crippen LogP contribution in [-0.4, -0.2) is 37.5 Å². The average molecular weight is 352 g/mol. The van der Waals surface area contributed by atoms with Gasteiger partial charge in [0.2, 0.25) is 5.91 Å². The first-order valence-electron chi connectivity index (χ1n) is 8.17. The fourth-order valence-corrected chi connectivity index (χ4v) is 2.92. The number of benzene rings is 2. The van der Waals surface area contributed by atoms with Gasteiger partial charge in [0.25, 0.3) is 5.91 Å². The predicted octanol–water partition coefficient (Wildman–Crippen LogP) is 3.16. The van der Waals surface area contributed by atoms with Crippen molar-refractivity contribution in [2.75, 3.05) is 26.1 Å². The van der Waals surface area contributed by atoms with E-state index in [1.54, 1.807) is 36.3 Å². The fourth-order valence-electron chi connectivity index (χ4n) is 2.92. The Morgan fingerprint density at radius 2 is 1.77 bits per heavy atom. The van der Waals surface area contributed by atoms with E-state index in [1.165, 1.54) is 7.11 Å². The lowest BCUT2D eigenvalue weighted by Crippen LogP contribution is -2.27. The highest BCUT2D eigenvalue weighted by Crippen LogP contribution is 2.32. The summed E-state index contributed by atoms with van der Waals surface area (Å²) < 4.78 is 10.4. The second-order valence-corrected chi connectivity index (χ2v) is 5.82. The molecule has 1 heterocycles. The molecule has 0 atom stereocenters. The first-order valence-corrected chi connectivity index (χ1v) is 8.17. The zero-order valence-corrected chi connectivity index (χ0v) is 14.7. The summed E-state index contributed by atoms with van der Waals surface area (Å²) in [5, 5.41) is 2.80. The summed E-state index contributed by atoms with van der Waals surface area (Å²) in [7, 11) is 3.08. The Bertz CT molecular complexity index is 841. The van der Waals surface area contributed by atoms with Gasteiger partial charge in [0.15, 0.2) is 11.5 Å². The summed E-state index contributed by atoms with van der Waals surface area (Å²) in [6.07, 6.45) is 0.160. The normalized spacial score (nSPS) is 12.8. The molecule has 0 radical (unpaired) electrons. The van der Waals surface area contributed by atoms with E-state index in [0.717, 1.165) is 5.56 Å². The van der Waals surface area contributed by atoms with Crippen LogP contribution in [0.5, 0.6) is 11.5 Å². The third-order valence-electron chi connectivity index (χ3n) is 4.27. The summed E-state index contributed by atoms with van der Waals surface area (Å²) in [6, 6.07) is 12.5. The molecule has 1 aliphatic heterocycles. The number of carbonyl (C=O) groups is 2. The number of nitrogens with one attached hydrogen (secondary N) is 1. The molecule has 0 aliphatic carbocycles. The number of nitrogens with zero attached hydrogens (tertiary/aromatic N) is 1. The SMILES string of the molecule is C=C1c2ccccc2C(=O)N1CCC(=O)Nc1ccc(OC)c(OC)c1. The van der Waals surface area contributed by atoms with Crippen molar-refractivity contribution in [1.29, 1.82) is 0 Å². The molecule has 2 amide bonds. The Morgan fingerprint density at radius 1 is 1.08 bits per heavy atom. The van der Waals surface area contributed by atoms with Gasteiger partial charge in [-0.1, -0.05) is 24.8 Å². The summed E-state index contributed by atoms with van der Waals surface area (Å²) in [4.78, 5) is 26.2. The van der Waals surface area contributed by atoms with Crippen LogP contribution < -0.4 is 14.8 Å². The predicted molar refractivity (Wildman–Crippen MR) is 99.3 cm³/mol. The van der Waals surface area contributed by atoms with Crippen molar-refractivity contribution >= 4 is 23.2 Å².